The van der Waals surface area contributed by atoms with Crippen molar-refractivity contribution in [1.82, 2.24) is 0 Å². The third-order valence-corrected chi connectivity index (χ3v) is 4.32. The molecule has 22 heavy (non-hydrogen) atoms. The first-order valence-corrected chi connectivity index (χ1v) is 7.78. The second-order valence-corrected chi connectivity index (χ2v) is 7.29. The number of aliphatic imine (C=N–C) groups is 1. The number of rotatable bonds is 3. The van der Waals surface area contributed by atoms with Gasteiger partial charge in [-0.05, 0) is 35.3 Å². The lowest BCUT2D eigenvalue weighted by Crippen LogP contribution is -2.29. The Morgan fingerprint density at radius 2 is 1.91 bits per heavy atom. The summed E-state index contributed by atoms with van der Waals surface area (Å²) in [7, 11) is 0. The Labute approximate surface area is 132 Å². The predicted octanol–water partition coefficient (Wildman–Crippen LogP) is 5.52. The van der Waals surface area contributed by atoms with Gasteiger partial charge in [0, 0.05) is 13.1 Å². The molecular formula is C19H25F2N. The van der Waals surface area contributed by atoms with Crippen LogP contribution in [-0.2, 0) is 0 Å². The monoisotopic (exact) mass is 305 g/mol. The Balaban J connectivity index is 2.26. The van der Waals surface area contributed by atoms with E-state index < -0.39 is 12.0 Å². The second-order valence-electron chi connectivity index (χ2n) is 7.29. The van der Waals surface area contributed by atoms with E-state index in [1.807, 2.05) is 12.2 Å². The van der Waals surface area contributed by atoms with E-state index in [-0.39, 0.29) is 17.8 Å². The van der Waals surface area contributed by atoms with Crippen LogP contribution in [0.15, 0.2) is 52.6 Å². The van der Waals surface area contributed by atoms with Crippen LogP contribution in [0.1, 0.15) is 40.5 Å². The molecule has 2 atom stereocenters. The number of allylic oxidation sites excluding steroid dienone is 6. The molecular weight excluding hydrogens is 280 g/mol. The van der Waals surface area contributed by atoms with Crippen LogP contribution in [0.2, 0.25) is 0 Å². The molecule has 0 radical (unpaired) electrons. The standard InChI is InChI=1S/C19H25F2N/c1-6-13-9-15(11-16(10-13)18(2,3)4)14-7-8-17(22-12-14)19(5,20)21/h6-7,9,11-13,17H,1,8,10H2,2-5H3. The predicted molar refractivity (Wildman–Crippen MR) is 89.5 cm³/mol. The summed E-state index contributed by atoms with van der Waals surface area (Å²) in [6, 6.07) is -0.943. The zero-order valence-electron chi connectivity index (χ0n) is 13.9. The Morgan fingerprint density at radius 3 is 2.36 bits per heavy atom. The summed E-state index contributed by atoms with van der Waals surface area (Å²) in [6.07, 6.45) is 11.0. The highest BCUT2D eigenvalue weighted by molar-refractivity contribution is 5.87. The first-order chi connectivity index (χ1) is 10.1. The molecule has 2 unspecified atom stereocenters. The van der Waals surface area contributed by atoms with Gasteiger partial charge in [0.1, 0.15) is 6.04 Å². The summed E-state index contributed by atoms with van der Waals surface area (Å²) in [6.45, 7) is 11.4. The maximum Gasteiger partial charge on any atom is 0.267 e. The van der Waals surface area contributed by atoms with Crippen LogP contribution in [0.3, 0.4) is 0 Å². The Hall–Kier alpha value is -1.51. The lowest BCUT2D eigenvalue weighted by Gasteiger charge is -2.30. The van der Waals surface area contributed by atoms with E-state index in [4.69, 9.17) is 0 Å². The number of hydrogen-bond acceptors (Lipinski definition) is 1. The molecule has 2 aliphatic rings. The lowest BCUT2D eigenvalue weighted by atomic mass is 9.76. The molecule has 0 amide bonds. The minimum Gasteiger partial charge on any atom is -0.283 e. The van der Waals surface area contributed by atoms with Gasteiger partial charge >= 0.3 is 0 Å². The molecule has 1 heterocycles. The first kappa shape index (κ1) is 16.9. The van der Waals surface area contributed by atoms with Crippen LogP contribution in [0.5, 0.6) is 0 Å². The Morgan fingerprint density at radius 1 is 1.23 bits per heavy atom. The molecule has 3 heteroatoms. The van der Waals surface area contributed by atoms with E-state index in [1.165, 1.54) is 5.57 Å². The largest absolute Gasteiger partial charge is 0.283 e. The number of halogens is 2. The Kier molecular flexibility index (Phi) is 4.55. The number of alkyl halides is 2. The molecule has 1 nitrogen and oxygen atoms in total. The van der Waals surface area contributed by atoms with Gasteiger partial charge in [-0.3, -0.25) is 4.99 Å². The minimum absolute atomic E-state index is 0.0894. The summed E-state index contributed by atoms with van der Waals surface area (Å²) in [5.41, 5.74) is 3.45. The van der Waals surface area contributed by atoms with Crippen LogP contribution < -0.4 is 0 Å². The maximum absolute atomic E-state index is 13.3. The van der Waals surface area contributed by atoms with Gasteiger partial charge in [-0.25, -0.2) is 8.78 Å². The van der Waals surface area contributed by atoms with E-state index in [0.29, 0.717) is 0 Å². The van der Waals surface area contributed by atoms with Gasteiger partial charge in [0.15, 0.2) is 0 Å². The SMILES string of the molecule is C=CC1C=C(C2=CCC(C(C)(F)F)N=C2)C=C(C(C)(C)C)C1. The zero-order valence-corrected chi connectivity index (χ0v) is 13.9. The molecule has 0 saturated carbocycles. The van der Waals surface area contributed by atoms with Crippen LogP contribution in [0.4, 0.5) is 8.78 Å². The van der Waals surface area contributed by atoms with Gasteiger partial charge in [-0.15, -0.1) is 6.58 Å². The van der Waals surface area contributed by atoms with Crippen molar-refractivity contribution >= 4 is 6.21 Å². The van der Waals surface area contributed by atoms with Crippen LogP contribution >= 0.6 is 0 Å². The fourth-order valence-electron chi connectivity index (χ4n) is 2.74. The molecule has 0 N–H and O–H groups in total. The van der Waals surface area contributed by atoms with E-state index in [0.717, 1.165) is 24.5 Å². The van der Waals surface area contributed by atoms with Gasteiger partial charge in [-0.2, -0.15) is 0 Å². The van der Waals surface area contributed by atoms with Gasteiger partial charge < -0.3 is 0 Å². The van der Waals surface area contributed by atoms with Gasteiger partial charge in [0.2, 0.25) is 0 Å². The van der Waals surface area contributed by atoms with E-state index in [1.54, 1.807) is 6.21 Å². The first-order valence-electron chi connectivity index (χ1n) is 7.78. The lowest BCUT2D eigenvalue weighted by molar-refractivity contribution is -0.00363. The third kappa shape index (κ3) is 3.82. The average Bonchev–Trinajstić information content (AvgIpc) is 2.45. The van der Waals surface area contributed by atoms with E-state index in [9.17, 15) is 8.78 Å². The van der Waals surface area contributed by atoms with Crippen molar-refractivity contribution in [2.45, 2.75) is 52.5 Å². The fraction of sp³-hybridized carbons (Fsp3) is 0.526. The van der Waals surface area contributed by atoms with Gasteiger partial charge in [0.05, 0.1) is 0 Å². The maximum atomic E-state index is 13.3. The van der Waals surface area contributed by atoms with Crippen molar-refractivity contribution in [2.75, 3.05) is 0 Å². The van der Waals surface area contributed by atoms with Crippen molar-refractivity contribution in [1.29, 1.82) is 0 Å². The smallest absolute Gasteiger partial charge is 0.267 e. The molecule has 2 rings (SSSR count). The van der Waals surface area contributed by atoms with Crippen molar-refractivity contribution in [3.05, 3.63) is 47.6 Å². The average molecular weight is 305 g/mol. The molecule has 0 fully saturated rings. The van der Waals surface area contributed by atoms with Crippen molar-refractivity contribution < 1.29 is 8.78 Å². The van der Waals surface area contributed by atoms with Gasteiger partial charge in [0.25, 0.3) is 5.92 Å². The quantitative estimate of drug-likeness (QED) is 0.609. The topological polar surface area (TPSA) is 12.4 Å². The molecule has 0 spiro atoms. The van der Waals surface area contributed by atoms with Crippen molar-refractivity contribution in [2.24, 2.45) is 16.3 Å². The van der Waals surface area contributed by atoms with E-state index >= 15 is 0 Å². The van der Waals surface area contributed by atoms with Crippen molar-refractivity contribution in [3.8, 4) is 0 Å². The number of nitrogens with zero attached hydrogens (tertiary/aromatic N) is 1. The summed E-state index contributed by atoms with van der Waals surface area (Å²) < 4.78 is 26.7. The zero-order chi connectivity index (χ0) is 16.5. The minimum atomic E-state index is -2.77. The summed E-state index contributed by atoms with van der Waals surface area (Å²) in [5.74, 6) is -2.48. The molecule has 0 saturated heterocycles. The molecule has 0 bridgehead atoms. The normalized spacial score (nSPS) is 26.2. The van der Waals surface area contributed by atoms with Gasteiger partial charge in [-0.1, -0.05) is 50.6 Å². The summed E-state index contributed by atoms with van der Waals surface area (Å²) in [4.78, 5) is 4.06. The molecule has 120 valence electrons. The highest BCUT2D eigenvalue weighted by atomic mass is 19.3. The summed E-state index contributed by atoms with van der Waals surface area (Å²) in [5, 5.41) is 0. The highest BCUT2D eigenvalue weighted by Crippen LogP contribution is 2.38. The molecule has 1 aliphatic heterocycles. The number of dihydropyridines is 1. The summed E-state index contributed by atoms with van der Waals surface area (Å²) >= 11 is 0. The number of hydrogen-bond donors (Lipinski definition) is 0. The highest BCUT2D eigenvalue weighted by Gasteiger charge is 2.34. The van der Waals surface area contributed by atoms with Crippen LogP contribution in [-0.4, -0.2) is 18.2 Å². The fourth-order valence-corrected chi connectivity index (χ4v) is 2.74. The third-order valence-electron chi connectivity index (χ3n) is 4.32. The molecule has 0 aromatic rings. The van der Waals surface area contributed by atoms with E-state index in [2.05, 4.69) is 44.5 Å². The van der Waals surface area contributed by atoms with Crippen LogP contribution in [0.25, 0.3) is 0 Å². The Bertz CT molecular complexity index is 565. The molecule has 0 aromatic carbocycles. The van der Waals surface area contributed by atoms with Crippen molar-refractivity contribution in [3.63, 3.8) is 0 Å². The second kappa shape index (κ2) is 5.94. The molecule has 0 aromatic heterocycles. The molecule has 1 aliphatic carbocycles. The van der Waals surface area contributed by atoms with Crippen LogP contribution in [0, 0.1) is 11.3 Å².